The van der Waals surface area contributed by atoms with Crippen molar-refractivity contribution in [3.05, 3.63) is 11.6 Å². The maximum Gasteiger partial charge on any atom is 0.306 e. The zero-order valence-corrected chi connectivity index (χ0v) is 22.3. The highest BCUT2D eigenvalue weighted by atomic mass is 16.5. The fourth-order valence-electron chi connectivity index (χ4n) is 8.50. The van der Waals surface area contributed by atoms with Crippen molar-refractivity contribution in [3.63, 3.8) is 0 Å². The summed E-state index contributed by atoms with van der Waals surface area (Å²) >= 11 is 0. The number of unbranched alkanes of at least 4 members (excludes halogenated alkanes) is 8. The topological polar surface area (TPSA) is 43.4 Å². The second kappa shape index (κ2) is 11.3. The third-order valence-electron chi connectivity index (χ3n) is 10.6. The molecule has 4 rings (SSSR count). The number of carbonyl (C=O) groups excluding carboxylic acids is 2. The summed E-state index contributed by atoms with van der Waals surface area (Å²) in [5.74, 6) is 2.49. The Balaban J connectivity index is 1.24. The molecule has 6 atom stereocenters. The van der Waals surface area contributed by atoms with Gasteiger partial charge < -0.3 is 4.74 Å². The minimum Gasteiger partial charge on any atom is -0.462 e. The smallest absolute Gasteiger partial charge is 0.306 e. The number of carbonyl (C=O) groups is 2. The monoisotopic (exact) mass is 470 g/mol. The first-order chi connectivity index (χ1) is 16.4. The van der Waals surface area contributed by atoms with Gasteiger partial charge in [-0.3, -0.25) is 9.59 Å². The summed E-state index contributed by atoms with van der Waals surface area (Å²) in [6, 6.07) is 0. The van der Waals surface area contributed by atoms with Crippen LogP contribution >= 0.6 is 0 Å². The minimum atomic E-state index is 0.0450. The quantitative estimate of drug-likeness (QED) is 0.225. The first-order valence-electron chi connectivity index (χ1n) is 14.8. The maximum absolute atomic E-state index is 12.7. The van der Waals surface area contributed by atoms with Crippen LogP contribution in [0.2, 0.25) is 0 Å². The van der Waals surface area contributed by atoms with Crippen LogP contribution in [0.4, 0.5) is 0 Å². The van der Waals surface area contributed by atoms with Gasteiger partial charge in [-0.25, -0.2) is 0 Å². The molecule has 0 bridgehead atoms. The van der Waals surface area contributed by atoms with Crippen LogP contribution in [0.3, 0.4) is 0 Å². The molecule has 0 N–H and O–H groups in total. The van der Waals surface area contributed by atoms with Gasteiger partial charge in [0.2, 0.25) is 0 Å². The Bertz CT molecular complexity index is 754. The molecule has 0 aromatic rings. The molecule has 4 aliphatic carbocycles. The van der Waals surface area contributed by atoms with Crippen LogP contribution in [0.1, 0.15) is 136 Å². The maximum atomic E-state index is 12.7. The number of ether oxygens (including phenoxy) is 1. The summed E-state index contributed by atoms with van der Waals surface area (Å²) in [4.78, 5) is 24.8. The fraction of sp³-hybridized carbons (Fsp3) is 0.871. The normalized spacial score (nSPS) is 36.9. The van der Waals surface area contributed by atoms with Gasteiger partial charge in [-0.05, 0) is 80.6 Å². The van der Waals surface area contributed by atoms with Gasteiger partial charge in [0.25, 0.3) is 0 Å². The number of ketones is 1. The van der Waals surface area contributed by atoms with E-state index in [1.54, 1.807) is 0 Å². The lowest BCUT2D eigenvalue weighted by atomic mass is 9.47. The molecule has 192 valence electrons. The highest BCUT2D eigenvalue weighted by Gasteiger charge is 2.59. The molecule has 4 unspecified atom stereocenters. The third kappa shape index (κ3) is 5.34. The van der Waals surface area contributed by atoms with Crippen LogP contribution in [0.25, 0.3) is 0 Å². The molecule has 0 heterocycles. The van der Waals surface area contributed by atoms with E-state index in [1.807, 2.05) is 6.08 Å². The first kappa shape index (κ1) is 26.0. The molecule has 4 aliphatic rings. The van der Waals surface area contributed by atoms with Gasteiger partial charge >= 0.3 is 5.97 Å². The van der Waals surface area contributed by atoms with Crippen LogP contribution in [-0.4, -0.2) is 17.9 Å². The van der Waals surface area contributed by atoms with Crippen LogP contribution in [0, 0.1) is 28.6 Å². The molecule has 3 saturated carbocycles. The van der Waals surface area contributed by atoms with E-state index in [-0.39, 0.29) is 22.9 Å². The largest absolute Gasteiger partial charge is 0.462 e. The van der Waals surface area contributed by atoms with Gasteiger partial charge in [-0.1, -0.05) is 77.7 Å². The lowest BCUT2D eigenvalue weighted by molar-refractivity contribution is -0.160. The van der Waals surface area contributed by atoms with Crippen molar-refractivity contribution in [2.45, 2.75) is 142 Å². The average molecular weight is 471 g/mol. The Morgan fingerprint density at radius 3 is 2.32 bits per heavy atom. The lowest BCUT2D eigenvalue weighted by Crippen LogP contribution is -2.51. The Morgan fingerprint density at radius 1 is 0.882 bits per heavy atom. The van der Waals surface area contributed by atoms with Crippen LogP contribution in [0.5, 0.6) is 0 Å². The van der Waals surface area contributed by atoms with E-state index >= 15 is 0 Å². The van der Waals surface area contributed by atoms with Crippen LogP contribution < -0.4 is 0 Å². The van der Waals surface area contributed by atoms with Crippen molar-refractivity contribution in [1.82, 2.24) is 0 Å². The lowest BCUT2D eigenvalue weighted by Gasteiger charge is -2.57. The number of esters is 1. The summed E-state index contributed by atoms with van der Waals surface area (Å²) < 4.78 is 6.19. The van der Waals surface area contributed by atoms with Crippen molar-refractivity contribution in [2.24, 2.45) is 28.6 Å². The van der Waals surface area contributed by atoms with E-state index in [0.717, 1.165) is 44.4 Å². The third-order valence-corrected chi connectivity index (χ3v) is 10.6. The molecule has 0 amide bonds. The minimum absolute atomic E-state index is 0.0450. The molecular formula is C31H50O3. The van der Waals surface area contributed by atoms with Crippen LogP contribution in [-0.2, 0) is 14.3 Å². The zero-order chi connectivity index (χ0) is 24.2. The van der Waals surface area contributed by atoms with Gasteiger partial charge in [-0.2, -0.15) is 0 Å². The first-order valence-corrected chi connectivity index (χ1v) is 14.8. The van der Waals surface area contributed by atoms with Gasteiger partial charge in [-0.15, -0.1) is 0 Å². The predicted molar refractivity (Wildman–Crippen MR) is 138 cm³/mol. The molecule has 0 aromatic heterocycles. The van der Waals surface area contributed by atoms with Crippen molar-refractivity contribution >= 4 is 11.8 Å². The fourth-order valence-corrected chi connectivity index (χ4v) is 8.50. The van der Waals surface area contributed by atoms with Crippen molar-refractivity contribution in [3.8, 4) is 0 Å². The van der Waals surface area contributed by atoms with Gasteiger partial charge in [0.1, 0.15) is 6.10 Å². The van der Waals surface area contributed by atoms with E-state index < -0.39 is 0 Å². The molecule has 34 heavy (non-hydrogen) atoms. The number of hydrogen-bond donors (Lipinski definition) is 0. The Labute approximate surface area is 208 Å². The second-order valence-electron chi connectivity index (χ2n) is 12.6. The highest BCUT2D eigenvalue weighted by Crippen LogP contribution is 2.65. The van der Waals surface area contributed by atoms with E-state index in [4.69, 9.17) is 4.74 Å². The van der Waals surface area contributed by atoms with E-state index in [9.17, 15) is 9.59 Å². The molecule has 3 fully saturated rings. The summed E-state index contributed by atoms with van der Waals surface area (Å²) in [5, 5.41) is 0. The molecule has 3 heteroatoms. The molecule has 0 aliphatic heterocycles. The average Bonchev–Trinajstić information content (AvgIpc) is 3.14. The van der Waals surface area contributed by atoms with Gasteiger partial charge in [0.05, 0.1) is 0 Å². The number of rotatable bonds is 11. The van der Waals surface area contributed by atoms with E-state index in [2.05, 4.69) is 20.8 Å². The summed E-state index contributed by atoms with van der Waals surface area (Å²) in [5.41, 5.74) is 1.82. The Kier molecular flexibility index (Phi) is 8.62. The highest BCUT2D eigenvalue weighted by molar-refractivity contribution is 5.91. The van der Waals surface area contributed by atoms with Crippen molar-refractivity contribution in [2.75, 3.05) is 0 Å². The molecule has 0 radical (unpaired) electrons. The molecule has 0 spiro atoms. The number of hydrogen-bond acceptors (Lipinski definition) is 3. The standard InChI is InChI=1S/C31H50O3/c1-4-5-6-7-8-9-10-11-12-13-29(33)34-28-17-16-26-25-15-14-23-22-24(32)18-20-30(23,2)27(25)19-21-31(26,28)3/h22,25-28H,4-21H2,1-3H3/t25?,26?,27?,28?,30-,31-/m0/s1. The van der Waals surface area contributed by atoms with Gasteiger partial charge in [0, 0.05) is 18.3 Å². The van der Waals surface area contributed by atoms with Crippen molar-refractivity contribution < 1.29 is 14.3 Å². The number of allylic oxidation sites excluding steroid dienone is 1. The van der Waals surface area contributed by atoms with Gasteiger partial charge in [0.15, 0.2) is 5.78 Å². The predicted octanol–water partition coefficient (Wildman–Crippen LogP) is 8.35. The van der Waals surface area contributed by atoms with E-state index in [0.29, 0.717) is 24.0 Å². The summed E-state index contributed by atoms with van der Waals surface area (Å²) in [7, 11) is 0. The molecule has 0 saturated heterocycles. The molecular weight excluding hydrogens is 420 g/mol. The summed E-state index contributed by atoms with van der Waals surface area (Å²) in [6.07, 6.45) is 22.9. The summed E-state index contributed by atoms with van der Waals surface area (Å²) in [6.45, 7) is 7.14. The Hall–Kier alpha value is -1.12. The molecule has 0 aromatic carbocycles. The van der Waals surface area contributed by atoms with Crippen molar-refractivity contribution in [1.29, 1.82) is 0 Å². The number of fused-ring (bicyclic) bond motifs is 5. The molecule has 3 nitrogen and oxygen atoms in total. The second-order valence-corrected chi connectivity index (χ2v) is 12.6. The Morgan fingerprint density at radius 2 is 1.59 bits per heavy atom. The van der Waals surface area contributed by atoms with E-state index in [1.165, 1.54) is 76.2 Å². The SMILES string of the molecule is CCCCCCCCCCCC(=O)OC1CCC2C3CCC4=CC(=O)CC[C@]4(C)C3CC[C@]12C. The zero-order valence-electron chi connectivity index (χ0n) is 22.3. The van der Waals surface area contributed by atoms with Crippen LogP contribution in [0.15, 0.2) is 11.6 Å².